The maximum absolute atomic E-state index is 11.3. The molecular weight excluding hydrogens is 208 g/mol. The smallest absolute Gasteiger partial charge is 0.0703 e. The highest BCUT2D eigenvalue weighted by Gasteiger charge is 2.43. The lowest BCUT2D eigenvalue weighted by atomic mass is 9.65. The first-order chi connectivity index (χ1) is 8.27. The van der Waals surface area contributed by atoms with Gasteiger partial charge >= 0.3 is 0 Å². The summed E-state index contributed by atoms with van der Waals surface area (Å²) < 4.78 is 0. The molecular formula is C16H30O. The highest BCUT2D eigenvalue weighted by molar-refractivity contribution is 4.94. The van der Waals surface area contributed by atoms with Gasteiger partial charge in [0, 0.05) is 0 Å². The molecule has 1 heteroatoms. The second-order valence-corrected chi connectivity index (χ2v) is 6.41. The summed E-state index contributed by atoms with van der Waals surface area (Å²) in [7, 11) is 0. The molecule has 0 bridgehead atoms. The largest absolute Gasteiger partial charge is 0.389 e. The first kappa shape index (κ1) is 13.4. The van der Waals surface area contributed by atoms with E-state index in [1.807, 2.05) is 0 Å². The van der Waals surface area contributed by atoms with Crippen LogP contribution >= 0.6 is 0 Å². The van der Waals surface area contributed by atoms with Crippen molar-refractivity contribution in [3.63, 3.8) is 0 Å². The van der Waals surface area contributed by atoms with Crippen LogP contribution in [-0.4, -0.2) is 10.7 Å². The summed E-state index contributed by atoms with van der Waals surface area (Å²) in [5.41, 5.74) is -0.310. The molecule has 2 saturated carbocycles. The minimum atomic E-state index is -0.310. The van der Waals surface area contributed by atoms with Crippen molar-refractivity contribution in [1.82, 2.24) is 0 Å². The highest BCUT2D eigenvalue weighted by atomic mass is 16.3. The monoisotopic (exact) mass is 238 g/mol. The van der Waals surface area contributed by atoms with E-state index in [1.54, 1.807) is 0 Å². The fourth-order valence-electron chi connectivity index (χ4n) is 4.35. The summed E-state index contributed by atoms with van der Waals surface area (Å²) in [6.07, 6.45) is 15.5. The van der Waals surface area contributed by atoms with E-state index in [1.165, 1.54) is 64.2 Å². The van der Waals surface area contributed by atoms with Gasteiger partial charge in [-0.05, 0) is 43.9 Å². The van der Waals surface area contributed by atoms with E-state index in [0.29, 0.717) is 11.8 Å². The lowest BCUT2D eigenvalue weighted by Crippen LogP contribution is -2.46. The van der Waals surface area contributed by atoms with Gasteiger partial charge in [-0.2, -0.15) is 0 Å². The Morgan fingerprint density at radius 2 is 1.24 bits per heavy atom. The van der Waals surface area contributed by atoms with Gasteiger partial charge in [0.15, 0.2) is 0 Å². The number of hydrogen-bond acceptors (Lipinski definition) is 1. The Morgan fingerprint density at radius 3 is 1.59 bits per heavy atom. The number of rotatable bonds is 4. The molecule has 2 aliphatic carbocycles. The van der Waals surface area contributed by atoms with Gasteiger partial charge in [0.05, 0.1) is 5.60 Å². The van der Waals surface area contributed by atoms with Crippen LogP contribution in [0.25, 0.3) is 0 Å². The van der Waals surface area contributed by atoms with Crippen molar-refractivity contribution in [1.29, 1.82) is 0 Å². The predicted octanol–water partition coefficient (Wildman–Crippen LogP) is 4.68. The van der Waals surface area contributed by atoms with Crippen molar-refractivity contribution in [2.75, 3.05) is 0 Å². The third-order valence-corrected chi connectivity index (χ3v) is 5.27. The van der Waals surface area contributed by atoms with Crippen LogP contribution in [-0.2, 0) is 0 Å². The normalized spacial score (nSPS) is 25.1. The van der Waals surface area contributed by atoms with Crippen molar-refractivity contribution in [3.8, 4) is 0 Å². The number of aliphatic hydroxyl groups is 1. The minimum Gasteiger partial charge on any atom is -0.389 e. The van der Waals surface area contributed by atoms with E-state index in [9.17, 15) is 5.11 Å². The first-order valence-electron chi connectivity index (χ1n) is 7.99. The summed E-state index contributed by atoms with van der Waals surface area (Å²) in [5, 5.41) is 11.3. The fraction of sp³-hybridized carbons (Fsp3) is 1.00. The highest BCUT2D eigenvalue weighted by Crippen LogP contribution is 2.45. The van der Waals surface area contributed by atoms with E-state index in [0.717, 1.165) is 12.8 Å². The molecule has 0 spiro atoms. The molecule has 2 rings (SSSR count). The molecule has 0 aromatic rings. The zero-order valence-electron chi connectivity index (χ0n) is 11.6. The Balaban J connectivity index is 2.05. The molecule has 0 amide bonds. The molecule has 0 saturated heterocycles. The van der Waals surface area contributed by atoms with Crippen LogP contribution in [0.3, 0.4) is 0 Å². The average molecular weight is 238 g/mol. The molecule has 2 aliphatic rings. The summed E-state index contributed by atoms with van der Waals surface area (Å²) in [6.45, 7) is 2.23. The lowest BCUT2D eigenvalue weighted by molar-refractivity contribution is -0.0979. The van der Waals surface area contributed by atoms with Crippen LogP contribution in [0, 0.1) is 11.8 Å². The van der Waals surface area contributed by atoms with Gasteiger partial charge in [0.2, 0.25) is 0 Å². The maximum atomic E-state index is 11.3. The summed E-state index contributed by atoms with van der Waals surface area (Å²) in [5.74, 6) is 1.22. The van der Waals surface area contributed by atoms with Gasteiger partial charge in [-0.15, -0.1) is 0 Å². The van der Waals surface area contributed by atoms with Crippen molar-refractivity contribution in [2.24, 2.45) is 11.8 Å². The SMILES string of the molecule is CCCC(O)(C1CCCCC1)C1CCCCC1. The molecule has 0 atom stereocenters. The van der Waals surface area contributed by atoms with E-state index < -0.39 is 0 Å². The van der Waals surface area contributed by atoms with Gasteiger partial charge in [0.25, 0.3) is 0 Å². The second-order valence-electron chi connectivity index (χ2n) is 6.41. The summed E-state index contributed by atoms with van der Waals surface area (Å²) >= 11 is 0. The van der Waals surface area contributed by atoms with Crippen LogP contribution in [0.4, 0.5) is 0 Å². The van der Waals surface area contributed by atoms with E-state index >= 15 is 0 Å². The third kappa shape index (κ3) is 3.05. The van der Waals surface area contributed by atoms with E-state index in [4.69, 9.17) is 0 Å². The van der Waals surface area contributed by atoms with Crippen LogP contribution in [0.1, 0.15) is 84.0 Å². The molecule has 100 valence electrons. The lowest BCUT2D eigenvalue weighted by Gasteiger charge is -2.45. The van der Waals surface area contributed by atoms with Crippen LogP contribution < -0.4 is 0 Å². The summed E-state index contributed by atoms with van der Waals surface area (Å²) in [4.78, 5) is 0. The topological polar surface area (TPSA) is 20.2 Å². The molecule has 0 radical (unpaired) electrons. The molecule has 0 aromatic heterocycles. The molecule has 0 aliphatic heterocycles. The molecule has 2 fully saturated rings. The molecule has 17 heavy (non-hydrogen) atoms. The zero-order valence-corrected chi connectivity index (χ0v) is 11.6. The Kier molecular flexibility index (Phi) is 4.90. The number of hydrogen-bond donors (Lipinski definition) is 1. The molecule has 1 N–H and O–H groups in total. The summed E-state index contributed by atoms with van der Waals surface area (Å²) in [6, 6.07) is 0. The van der Waals surface area contributed by atoms with Crippen molar-refractivity contribution in [2.45, 2.75) is 89.6 Å². The van der Waals surface area contributed by atoms with Crippen molar-refractivity contribution >= 4 is 0 Å². The van der Waals surface area contributed by atoms with Crippen LogP contribution in [0.2, 0.25) is 0 Å². The Bertz CT molecular complexity index is 194. The molecule has 0 aromatic carbocycles. The quantitative estimate of drug-likeness (QED) is 0.754. The van der Waals surface area contributed by atoms with Gasteiger partial charge < -0.3 is 5.11 Å². The van der Waals surface area contributed by atoms with E-state index in [2.05, 4.69) is 6.92 Å². The average Bonchev–Trinajstić information content (AvgIpc) is 2.41. The minimum absolute atomic E-state index is 0.310. The molecule has 0 heterocycles. The fourth-order valence-corrected chi connectivity index (χ4v) is 4.35. The van der Waals surface area contributed by atoms with Gasteiger partial charge in [-0.25, -0.2) is 0 Å². The van der Waals surface area contributed by atoms with Crippen LogP contribution in [0.5, 0.6) is 0 Å². The van der Waals surface area contributed by atoms with E-state index in [-0.39, 0.29) is 5.60 Å². The van der Waals surface area contributed by atoms with Gasteiger partial charge in [-0.1, -0.05) is 51.9 Å². The van der Waals surface area contributed by atoms with Gasteiger partial charge in [-0.3, -0.25) is 0 Å². The molecule has 1 nitrogen and oxygen atoms in total. The van der Waals surface area contributed by atoms with Gasteiger partial charge in [0.1, 0.15) is 0 Å². The van der Waals surface area contributed by atoms with Crippen molar-refractivity contribution in [3.05, 3.63) is 0 Å². The predicted molar refractivity (Wildman–Crippen MR) is 73.0 cm³/mol. The molecule has 0 unspecified atom stereocenters. The van der Waals surface area contributed by atoms with Crippen molar-refractivity contribution < 1.29 is 5.11 Å². The Morgan fingerprint density at radius 1 is 0.824 bits per heavy atom. The standard InChI is InChI=1S/C16H30O/c1-2-13-16(17,14-9-5-3-6-10-14)15-11-7-4-8-12-15/h14-15,17H,2-13H2,1H3. The zero-order chi connectivity index (χ0) is 12.1. The van der Waals surface area contributed by atoms with Crippen LogP contribution in [0.15, 0.2) is 0 Å². The first-order valence-corrected chi connectivity index (χ1v) is 7.99. The third-order valence-electron chi connectivity index (χ3n) is 5.27. The Hall–Kier alpha value is -0.0400. The maximum Gasteiger partial charge on any atom is 0.0703 e. The Labute approximate surface area is 107 Å². The second kappa shape index (κ2) is 6.22.